The molecule has 0 N–H and O–H groups in total. The molecule has 0 spiro atoms. The van der Waals surface area contributed by atoms with Gasteiger partial charge in [0.15, 0.2) is 0 Å². The molecule has 2 radical (unpaired) electrons. The van der Waals surface area contributed by atoms with Crippen LogP contribution in [0, 0.1) is 6.92 Å². The van der Waals surface area contributed by atoms with E-state index < -0.39 is 37.1 Å². The molecule has 142 valence electrons. The second-order valence-electron chi connectivity index (χ2n) is 5.35. The van der Waals surface area contributed by atoms with Crippen LogP contribution in [-0.4, -0.2) is 43.0 Å². The van der Waals surface area contributed by atoms with Crippen LogP contribution >= 0.6 is 11.6 Å². The first kappa shape index (κ1) is 23.1. The van der Waals surface area contributed by atoms with Crippen LogP contribution in [0.4, 0.5) is 0 Å². The van der Waals surface area contributed by atoms with E-state index in [1.807, 2.05) is 49.4 Å². The Labute approximate surface area is 176 Å². The fourth-order valence-corrected chi connectivity index (χ4v) is 3.81. The maximum atomic E-state index is 10.8. The predicted octanol–water partition coefficient (Wildman–Crippen LogP) is 3.89. The fraction of sp³-hybridized carbons (Fsp3) is 0.211. The van der Waals surface area contributed by atoms with Crippen molar-refractivity contribution >= 4 is 54.6 Å². The molecule has 27 heavy (non-hydrogen) atoms. The summed E-state index contributed by atoms with van der Waals surface area (Å²) in [5, 5.41) is 0.711. The third kappa shape index (κ3) is 9.53. The standard InChI is InChI=1S/C13H11ClO.C4H6O3.C2H4O2.Pb/c1-9-2-3-11(8-13(9)15)10-4-6-12(14)7-5-10;1-3(5)7-4(2)6;1-2(3)4;/h2-8,15H,1H3;1-2H3;1H3,(H,3,4);/q;;;+2/p-2. The van der Waals surface area contributed by atoms with Gasteiger partial charge in [0.1, 0.15) is 0 Å². The summed E-state index contributed by atoms with van der Waals surface area (Å²) in [7, 11) is 0. The van der Waals surface area contributed by atoms with Crippen molar-refractivity contribution < 1.29 is 24.5 Å². The first-order chi connectivity index (χ1) is 12.7. The van der Waals surface area contributed by atoms with Crippen molar-refractivity contribution in [2.45, 2.75) is 27.7 Å². The number of carbonyl (C=O) groups is 3. The molecule has 0 unspecified atom stereocenters. The Morgan fingerprint density at radius 2 is 1.41 bits per heavy atom. The van der Waals surface area contributed by atoms with Gasteiger partial charge in [-0.05, 0) is 0 Å². The molecule has 0 aliphatic carbocycles. The molecule has 8 heteroatoms. The summed E-state index contributed by atoms with van der Waals surface area (Å²) in [6.45, 7) is 5.73. The summed E-state index contributed by atoms with van der Waals surface area (Å²) >= 11 is 4.06. The van der Waals surface area contributed by atoms with Gasteiger partial charge < -0.3 is 4.74 Å². The Hall–Kier alpha value is -1.94. The Morgan fingerprint density at radius 1 is 0.852 bits per heavy atom. The van der Waals surface area contributed by atoms with E-state index in [-0.39, 0.29) is 5.97 Å². The Morgan fingerprint density at radius 3 is 1.89 bits per heavy atom. The minimum absolute atomic E-state index is 0.278. The summed E-state index contributed by atoms with van der Waals surface area (Å²) in [6.07, 6.45) is 0. The van der Waals surface area contributed by atoms with Gasteiger partial charge in [0.05, 0.1) is 0 Å². The van der Waals surface area contributed by atoms with Gasteiger partial charge in [-0.25, -0.2) is 0 Å². The Bertz CT molecular complexity index is 792. The first-order valence-electron chi connectivity index (χ1n) is 7.84. The molecule has 0 bridgehead atoms. The van der Waals surface area contributed by atoms with Crippen molar-refractivity contribution in [3.8, 4) is 16.9 Å². The number of aryl methyl sites for hydroxylation is 1. The van der Waals surface area contributed by atoms with Crippen molar-refractivity contribution in [2.24, 2.45) is 0 Å². The maximum absolute atomic E-state index is 10.8. The fourth-order valence-electron chi connectivity index (χ4n) is 1.86. The molecular formula is C19H19ClO6Pb. The van der Waals surface area contributed by atoms with Crippen LogP contribution in [0.25, 0.3) is 11.1 Å². The molecule has 0 saturated carbocycles. The Balaban J connectivity index is 0.000000445. The summed E-state index contributed by atoms with van der Waals surface area (Å²) in [5.74, 6) is -0.623. The van der Waals surface area contributed by atoms with Gasteiger partial charge in [-0.3, -0.25) is 9.59 Å². The molecule has 0 heterocycles. The number of rotatable bonds is 4. The minimum atomic E-state index is -1.83. The van der Waals surface area contributed by atoms with E-state index >= 15 is 0 Å². The van der Waals surface area contributed by atoms with Gasteiger partial charge in [-0.15, -0.1) is 0 Å². The number of carbonyl (C=O) groups excluding carboxylic acids is 3. The number of hydrogen-bond acceptors (Lipinski definition) is 6. The van der Waals surface area contributed by atoms with E-state index in [9.17, 15) is 14.4 Å². The van der Waals surface area contributed by atoms with Gasteiger partial charge in [-0.2, -0.15) is 0 Å². The van der Waals surface area contributed by atoms with Gasteiger partial charge in [0.2, 0.25) is 0 Å². The molecular weight excluding hydrogens is 567 g/mol. The van der Waals surface area contributed by atoms with E-state index in [0.717, 1.165) is 22.4 Å². The monoisotopic (exact) mass is 586 g/mol. The molecule has 0 atom stereocenters. The van der Waals surface area contributed by atoms with Crippen molar-refractivity contribution in [3.05, 3.63) is 53.1 Å². The molecule has 2 aromatic rings. The van der Waals surface area contributed by atoms with E-state index in [1.165, 1.54) is 20.8 Å². The average molecular weight is 586 g/mol. The zero-order chi connectivity index (χ0) is 20.4. The van der Waals surface area contributed by atoms with Gasteiger partial charge in [0, 0.05) is 13.8 Å². The summed E-state index contributed by atoms with van der Waals surface area (Å²) < 4.78 is 14.6. The first-order valence-corrected chi connectivity index (χ1v) is 11.4. The van der Waals surface area contributed by atoms with Crippen molar-refractivity contribution in [2.75, 3.05) is 0 Å². The molecule has 6 nitrogen and oxygen atoms in total. The van der Waals surface area contributed by atoms with Crippen molar-refractivity contribution in [1.82, 2.24) is 0 Å². The van der Waals surface area contributed by atoms with Gasteiger partial charge in [0.25, 0.3) is 0 Å². The number of halogens is 1. The van der Waals surface area contributed by atoms with Crippen LogP contribution in [0.15, 0.2) is 42.5 Å². The normalized spacial score (nSPS) is 9.52. The van der Waals surface area contributed by atoms with Gasteiger partial charge >= 0.3 is 149 Å². The number of ether oxygens (including phenoxy) is 1. The number of benzene rings is 2. The second kappa shape index (κ2) is 11.7. The predicted molar refractivity (Wildman–Crippen MR) is 102 cm³/mol. The topological polar surface area (TPSA) is 78.9 Å². The molecule has 0 aromatic heterocycles. The van der Waals surface area contributed by atoms with Crippen LogP contribution < -0.4 is 2.69 Å². The van der Waals surface area contributed by atoms with Crippen molar-refractivity contribution in [3.63, 3.8) is 0 Å². The van der Waals surface area contributed by atoms with E-state index in [0.29, 0.717) is 5.02 Å². The second-order valence-corrected chi connectivity index (χ2v) is 8.02. The SMILES string of the molecule is CC(=O)OC(C)=O.CC(=O)[O][Pb][O]c1cc(-c2ccc(Cl)cc2)ccc1C. The van der Waals surface area contributed by atoms with Crippen molar-refractivity contribution in [1.29, 1.82) is 0 Å². The molecule has 0 fully saturated rings. The molecule has 2 rings (SSSR count). The molecule has 0 aliphatic rings. The van der Waals surface area contributed by atoms with Gasteiger partial charge in [-0.1, -0.05) is 0 Å². The summed E-state index contributed by atoms with van der Waals surface area (Å²) in [4.78, 5) is 30.4. The van der Waals surface area contributed by atoms with E-state index in [2.05, 4.69) is 4.74 Å². The van der Waals surface area contributed by atoms with Crippen LogP contribution in [0.2, 0.25) is 5.02 Å². The van der Waals surface area contributed by atoms with Crippen LogP contribution in [-0.2, 0) is 21.8 Å². The van der Waals surface area contributed by atoms with Crippen LogP contribution in [0.1, 0.15) is 26.3 Å². The quantitative estimate of drug-likeness (QED) is 0.308. The molecule has 0 aliphatic heterocycles. The number of hydrogen-bond donors (Lipinski definition) is 0. The molecule has 2 aromatic carbocycles. The number of esters is 2. The molecule has 0 saturated heterocycles. The Kier molecular flexibility index (Phi) is 10.0. The van der Waals surface area contributed by atoms with Crippen LogP contribution in [0.5, 0.6) is 5.75 Å². The van der Waals surface area contributed by atoms with Crippen LogP contribution in [0.3, 0.4) is 0 Å². The van der Waals surface area contributed by atoms with E-state index in [4.69, 9.17) is 17.0 Å². The van der Waals surface area contributed by atoms with E-state index in [1.54, 1.807) is 0 Å². The molecule has 0 amide bonds. The zero-order valence-electron chi connectivity index (χ0n) is 15.4. The zero-order valence-corrected chi connectivity index (χ0v) is 20.0. The third-order valence-corrected chi connectivity index (χ3v) is 5.86. The third-order valence-electron chi connectivity index (χ3n) is 2.99. The summed E-state index contributed by atoms with van der Waals surface area (Å²) in [6, 6.07) is 13.6. The average Bonchev–Trinajstić information content (AvgIpc) is 2.56. The summed E-state index contributed by atoms with van der Waals surface area (Å²) in [5.41, 5.74) is 3.15.